The van der Waals surface area contributed by atoms with Gasteiger partial charge in [0, 0.05) is 6.04 Å². The Kier molecular flexibility index (Phi) is 5.98. The number of aryl methyl sites for hydroxylation is 1. The molecular formula is C14H23NO4S. The van der Waals surface area contributed by atoms with Gasteiger partial charge in [0.25, 0.3) is 0 Å². The maximum atomic E-state index is 12.2. The van der Waals surface area contributed by atoms with Gasteiger partial charge in [-0.2, -0.15) is 0 Å². The second-order valence-electron chi connectivity index (χ2n) is 5.00. The maximum absolute atomic E-state index is 12.2. The Hall–Kier alpha value is -1.11. The lowest BCUT2D eigenvalue weighted by atomic mass is 10.2. The predicted octanol–water partition coefficient (Wildman–Crippen LogP) is 1.83. The van der Waals surface area contributed by atoms with Gasteiger partial charge in [0.2, 0.25) is 10.0 Å². The molecule has 0 aliphatic heterocycles. The molecule has 0 fully saturated rings. The predicted molar refractivity (Wildman–Crippen MR) is 78.4 cm³/mol. The lowest BCUT2D eigenvalue weighted by Crippen LogP contribution is -2.36. The number of hydrogen-bond acceptors (Lipinski definition) is 4. The van der Waals surface area contributed by atoms with Crippen LogP contribution in [0.1, 0.15) is 32.8 Å². The summed E-state index contributed by atoms with van der Waals surface area (Å²) in [6.45, 7) is 7.23. The maximum Gasteiger partial charge on any atom is 0.240 e. The van der Waals surface area contributed by atoms with Crippen LogP contribution in [0.25, 0.3) is 0 Å². The third-order valence-corrected chi connectivity index (χ3v) is 4.37. The molecule has 5 nitrogen and oxygen atoms in total. The van der Waals surface area contributed by atoms with Crippen molar-refractivity contribution in [1.29, 1.82) is 0 Å². The standard InChI is InChI=1S/C14H23NO4S/c1-5-12(9-16)15-20(17,18)13-6-7-14(11(4)8-13)19-10(2)3/h6-8,10,12,15-16H,5,9H2,1-4H3. The molecule has 6 heteroatoms. The fourth-order valence-electron chi connectivity index (χ4n) is 1.71. The number of aliphatic hydroxyl groups excluding tert-OH is 1. The van der Waals surface area contributed by atoms with Crippen LogP contribution in [0, 0.1) is 6.92 Å². The Morgan fingerprint density at radius 1 is 1.35 bits per heavy atom. The van der Waals surface area contributed by atoms with E-state index in [0.29, 0.717) is 12.2 Å². The molecule has 0 spiro atoms. The summed E-state index contributed by atoms with van der Waals surface area (Å²) in [5.74, 6) is 0.674. The van der Waals surface area contributed by atoms with Crippen molar-refractivity contribution in [2.75, 3.05) is 6.61 Å². The lowest BCUT2D eigenvalue weighted by molar-refractivity contribution is 0.240. The Labute approximate surface area is 121 Å². The summed E-state index contributed by atoms with van der Waals surface area (Å²) in [7, 11) is -3.62. The van der Waals surface area contributed by atoms with Gasteiger partial charge < -0.3 is 9.84 Å². The van der Waals surface area contributed by atoms with E-state index in [9.17, 15) is 8.42 Å². The number of hydrogen-bond donors (Lipinski definition) is 2. The topological polar surface area (TPSA) is 75.6 Å². The Balaban J connectivity index is 2.99. The van der Waals surface area contributed by atoms with Gasteiger partial charge in [-0.3, -0.25) is 0 Å². The first-order chi connectivity index (χ1) is 9.30. The Bertz CT molecular complexity index is 536. The first-order valence-electron chi connectivity index (χ1n) is 6.70. The van der Waals surface area contributed by atoms with Crippen LogP contribution < -0.4 is 9.46 Å². The number of sulfonamides is 1. The molecule has 20 heavy (non-hydrogen) atoms. The highest BCUT2D eigenvalue weighted by Gasteiger charge is 2.19. The quantitative estimate of drug-likeness (QED) is 0.805. The molecule has 2 N–H and O–H groups in total. The van der Waals surface area contributed by atoms with E-state index < -0.39 is 16.1 Å². The van der Waals surface area contributed by atoms with Crippen LogP contribution in [0.2, 0.25) is 0 Å². The molecule has 0 radical (unpaired) electrons. The van der Waals surface area contributed by atoms with Crippen molar-refractivity contribution in [3.63, 3.8) is 0 Å². The summed E-state index contributed by atoms with van der Waals surface area (Å²) >= 11 is 0. The van der Waals surface area contributed by atoms with Crippen molar-refractivity contribution < 1.29 is 18.3 Å². The smallest absolute Gasteiger partial charge is 0.240 e. The van der Waals surface area contributed by atoms with E-state index in [4.69, 9.17) is 9.84 Å². The van der Waals surface area contributed by atoms with Crippen LogP contribution in [0.5, 0.6) is 5.75 Å². The fourth-order valence-corrected chi connectivity index (χ4v) is 3.11. The average molecular weight is 301 g/mol. The molecule has 0 aliphatic rings. The first-order valence-corrected chi connectivity index (χ1v) is 8.19. The van der Waals surface area contributed by atoms with Gasteiger partial charge >= 0.3 is 0 Å². The summed E-state index contributed by atoms with van der Waals surface area (Å²) in [5, 5.41) is 9.09. The van der Waals surface area contributed by atoms with Crippen LogP contribution in [0.15, 0.2) is 23.1 Å². The van der Waals surface area contributed by atoms with Gasteiger partial charge in [0.05, 0.1) is 17.6 Å². The number of ether oxygens (including phenoxy) is 1. The van der Waals surface area contributed by atoms with Gasteiger partial charge in [-0.15, -0.1) is 0 Å². The van der Waals surface area contributed by atoms with Crippen molar-refractivity contribution in [2.24, 2.45) is 0 Å². The molecule has 0 aromatic heterocycles. The third kappa shape index (κ3) is 4.47. The normalized spacial score (nSPS) is 13.5. The van der Waals surface area contributed by atoms with E-state index in [1.807, 2.05) is 20.8 Å². The van der Waals surface area contributed by atoms with Gasteiger partial charge in [-0.25, -0.2) is 13.1 Å². The van der Waals surface area contributed by atoms with E-state index in [1.165, 1.54) is 6.07 Å². The van der Waals surface area contributed by atoms with Gasteiger partial charge in [-0.1, -0.05) is 6.92 Å². The van der Waals surface area contributed by atoms with Crippen LogP contribution in [0.3, 0.4) is 0 Å². The van der Waals surface area contributed by atoms with E-state index in [2.05, 4.69) is 4.72 Å². The minimum atomic E-state index is -3.62. The third-order valence-electron chi connectivity index (χ3n) is 2.85. The van der Waals surface area contributed by atoms with Gasteiger partial charge in [0.15, 0.2) is 0 Å². The summed E-state index contributed by atoms with van der Waals surface area (Å²) in [4.78, 5) is 0.179. The van der Waals surface area contributed by atoms with Crippen LogP contribution in [-0.2, 0) is 10.0 Å². The molecular weight excluding hydrogens is 278 g/mol. The highest BCUT2D eigenvalue weighted by atomic mass is 32.2. The molecule has 0 saturated heterocycles. The SMILES string of the molecule is CCC(CO)NS(=O)(=O)c1ccc(OC(C)C)c(C)c1. The van der Waals surface area contributed by atoms with E-state index in [-0.39, 0.29) is 17.6 Å². The number of nitrogens with one attached hydrogen (secondary N) is 1. The molecule has 1 rings (SSSR count). The molecule has 0 heterocycles. The minimum Gasteiger partial charge on any atom is -0.491 e. The highest BCUT2D eigenvalue weighted by molar-refractivity contribution is 7.89. The molecule has 1 aromatic rings. The van der Waals surface area contributed by atoms with E-state index in [1.54, 1.807) is 19.1 Å². The van der Waals surface area contributed by atoms with Crippen molar-refractivity contribution in [3.8, 4) is 5.75 Å². The second kappa shape index (κ2) is 7.06. The van der Waals surface area contributed by atoms with Crippen molar-refractivity contribution in [3.05, 3.63) is 23.8 Å². The van der Waals surface area contributed by atoms with Crippen molar-refractivity contribution >= 4 is 10.0 Å². The summed E-state index contributed by atoms with van der Waals surface area (Å²) in [6.07, 6.45) is 0.566. The van der Waals surface area contributed by atoms with Crippen molar-refractivity contribution in [1.82, 2.24) is 4.72 Å². The van der Waals surface area contributed by atoms with E-state index >= 15 is 0 Å². The lowest BCUT2D eigenvalue weighted by Gasteiger charge is -2.16. The summed E-state index contributed by atoms with van der Waals surface area (Å²) < 4.78 is 32.4. The monoisotopic (exact) mass is 301 g/mol. The second-order valence-corrected chi connectivity index (χ2v) is 6.72. The molecule has 114 valence electrons. The average Bonchev–Trinajstić information content (AvgIpc) is 2.37. The minimum absolute atomic E-state index is 0.0353. The highest BCUT2D eigenvalue weighted by Crippen LogP contribution is 2.23. The van der Waals surface area contributed by atoms with Crippen LogP contribution >= 0.6 is 0 Å². The van der Waals surface area contributed by atoms with Gasteiger partial charge in [-0.05, 0) is 51.0 Å². The molecule has 0 saturated carbocycles. The first kappa shape index (κ1) is 16.9. The largest absolute Gasteiger partial charge is 0.491 e. The Morgan fingerprint density at radius 2 is 2.00 bits per heavy atom. The number of aliphatic hydroxyl groups is 1. The fraction of sp³-hybridized carbons (Fsp3) is 0.571. The zero-order valence-corrected chi connectivity index (χ0v) is 13.2. The van der Waals surface area contributed by atoms with Crippen molar-refractivity contribution in [2.45, 2.75) is 51.2 Å². The molecule has 0 aliphatic carbocycles. The summed E-state index contributed by atoms with van der Waals surface area (Å²) in [6, 6.07) is 4.28. The molecule has 0 amide bonds. The molecule has 1 aromatic carbocycles. The number of rotatable bonds is 7. The van der Waals surface area contributed by atoms with E-state index in [0.717, 1.165) is 5.56 Å². The zero-order chi connectivity index (χ0) is 15.3. The molecule has 1 unspecified atom stereocenters. The summed E-state index contributed by atoms with van der Waals surface area (Å²) in [5.41, 5.74) is 0.763. The zero-order valence-electron chi connectivity index (χ0n) is 12.4. The molecule has 1 atom stereocenters. The number of benzene rings is 1. The van der Waals surface area contributed by atoms with Gasteiger partial charge in [0.1, 0.15) is 5.75 Å². The van der Waals surface area contributed by atoms with Crippen LogP contribution in [-0.4, -0.2) is 32.3 Å². The molecule has 0 bridgehead atoms. The van der Waals surface area contributed by atoms with Crippen LogP contribution in [0.4, 0.5) is 0 Å². The Morgan fingerprint density at radius 3 is 2.45 bits per heavy atom.